The van der Waals surface area contributed by atoms with Crippen molar-refractivity contribution < 1.29 is 46.5 Å². The molecule has 2 aromatic heterocycles. The molecule has 7 unspecified atom stereocenters. The van der Waals surface area contributed by atoms with Gasteiger partial charge >= 0.3 is 6.09 Å². The molecule has 64 heavy (non-hydrogen) atoms. The van der Waals surface area contributed by atoms with Gasteiger partial charge in [-0.05, 0) is 127 Å². The number of aromatic nitrogens is 2. The minimum Gasteiger partial charge on any atom is -0.497 e. The number of ether oxygens (including phenoxy) is 4. The summed E-state index contributed by atoms with van der Waals surface area (Å²) in [6, 6.07) is 8.70. The number of carbonyl (C=O) groups is 4. The van der Waals surface area contributed by atoms with Crippen LogP contribution < -0.4 is 29.6 Å². The third kappa shape index (κ3) is 10.7. The van der Waals surface area contributed by atoms with Crippen LogP contribution in [0.5, 0.6) is 17.4 Å². The van der Waals surface area contributed by atoms with Crippen molar-refractivity contribution in [2.75, 3.05) is 13.7 Å². The summed E-state index contributed by atoms with van der Waals surface area (Å²) >= 11 is 0. The molecule has 0 spiro atoms. The molecule has 3 fully saturated rings. The Hall–Kier alpha value is -5.45. The lowest BCUT2D eigenvalue weighted by Crippen LogP contribution is -2.59. The number of nitrogens with one attached hydrogen (secondary N) is 3. The maximum atomic E-state index is 15.2. The Morgan fingerprint density at radius 2 is 1.78 bits per heavy atom. The second-order valence-electron chi connectivity index (χ2n) is 19.0. The molecule has 17 heteroatoms. The number of methoxy groups -OCH3 is 1. The number of hydrogen-bond donors (Lipinski definition) is 3. The zero-order valence-corrected chi connectivity index (χ0v) is 38.8. The summed E-state index contributed by atoms with van der Waals surface area (Å²) in [6.07, 6.45) is 7.52. The number of hydrogen-bond acceptors (Lipinski definition) is 12. The third-order valence-electron chi connectivity index (χ3n) is 12.3. The van der Waals surface area contributed by atoms with Crippen LogP contribution in [0.25, 0.3) is 22.2 Å². The summed E-state index contributed by atoms with van der Waals surface area (Å²) in [7, 11) is -2.36. The predicted molar refractivity (Wildman–Crippen MR) is 240 cm³/mol. The van der Waals surface area contributed by atoms with Crippen molar-refractivity contribution in [2.24, 2.45) is 17.8 Å². The molecule has 4 amide bonds. The third-order valence-corrected chi connectivity index (χ3v) is 14.1. The van der Waals surface area contributed by atoms with Gasteiger partial charge in [0.15, 0.2) is 0 Å². The van der Waals surface area contributed by atoms with Gasteiger partial charge in [-0.15, -0.1) is 0 Å². The molecule has 3 N–H and O–H groups in total. The van der Waals surface area contributed by atoms with E-state index in [4.69, 9.17) is 23.9 Å². The Balaban J connectivity index is 1.27. The monoisotopic (exact) mass is 902 g/mol. The first-order valence-electron chi connectivity index (χ1n) is 22.4. The zero-order chi connectivity index (χ0) is 46.1. The number of allylic oxidation sites excluding steroid dienone is 1. The minimum atomic E-state index is -3.94. The Morgan fingerprint density at radius 3 is 2.44 bits per heavy atom. The van der Waals surface area contributed by atoms with Crippen LogP contribution >= 0.6 is 0 Å². The van der Waals surface area contributed by atoms with Crippen LogP contribution in [0.2, 0.25) is 0 Å². The highest BCUT2D eigenvalue weighted by atomic mass is 32.2. The highest BCUT2D eigenvalue weighted by Crippen LogP contribution is 2.46. The highest BCUT2D eigenvalue weighted by molar-refractivity contribution is 7.91. The van der Waals surface area contributed by atoms with Gasteiger partial charge in [-0.1, -0.05) is 32.4 Å². The van der Waals surface area contributed by atoms with Crippen LogP contribution in [0.4, 0.5) is 4.79 Å². The van der Waals surface area contributed by atoms with Crippen molar-refractivity contribution >= 4 is 44.6 Å². The van der Waals surface area contributed by atoms with Crippen molar-refractivity contribution in [3.8, 4) is 28.8 Å². The predicted octanol–water partition coefficient (Wildman–Crippen LogP) is 6.22. The van der Waals surface area contributed by atoms with Crippen LogP contribution in [0.3, 0.4) is 0 Å². The van der Waals surface area contributed by atoms with E-state index in [1.54, 1.807) is 46.2 Å². The molecule has 1 saturated heterocycles. The van der Waals surface area contributed by atoms with Crippen LogP contribution in [-0.2, 0) is 29.1 Å². The number of sulfonamides is 1. The largest absolute Gasteiger partial charge is 0.497 e. The van der Waals surface area contributed by atoms with Crippen molar-refractivity contribution in [3.05, 3.63) is 54.7 Å². The van der Waals surface area contributed by atoms with E-state index < -0.39 is 74.3 Å². The first-order chi connectivity index (χ1) is 30.3. The standard InChI is InChI=1S/C47H62N6O10S/c1-9-29-20-28(4)12-10-11-13-31-24-47(31,44(56)52-64(58,59)35-16-17-35)51-41(54)39-23-34(26-53(39)43(55)40(29)50-45(57)63-46(5,6)7)62-42-36-18-14-32(60-8)21-30(36)22-38(49-42)37-19-15-33(25-48-37)61-27(2)3/h11,13-15,18-19,21-22,25,27-29,31,34-35,39-40H,9-10,12,16-17,20,23-24,26H2,1-8H3,(H,50,57)(H,51,54)(H,52,56). The molecular formula is C47H62N6O10S. The Labute approximate surface area is 375 Å². The first kappa shape index (κ1) is 46.5. The first-order valence-corrected chi connectivity index (χ1v) is 24.0. The smallest absolute Gasteiger partial charge is 0.408 e. The topological polar surface area (TPSA) is 204 Å². The van der Waals surface area contributed by atoms with Crippen molar-refractivity contribution in [2.45, 2.75) is 141 Å². The van der Waals surface area contributed by atoms with E-state index in [0.717, 1.165) is 11.8 Å². The molecule has 3 aromatic rings. The fraction of sp³-hybridized carbons (Fsp3) is 0.574. The highest BCUT2D eigenvalue weighted by Gasteiger charge is 2.62. The number of benzene rings is 1. The van der Waals surface area contributed by atoms with Gasteiger partial charge in [-0.3, -0.25) is 24.1 Å². The van der Waals surface area contributed by atoms with Crippen molar-refractivity contribution in [1.82, 2.24) is 30.2 Å². The van der Waals surface area contributed by atoms with Gasteiger partial charge in [0.25, 0.3) is 5.91 Å². The van der Waals surface area contributed by atoms with E-state index in [2.05, 4.69) is 27.3 Å². The van der Waals surface area contributed by atoms with E-state index in [-0.39, 0.29) is 43.2 Å². The normalized spacial score (nSPS) is 26.5. The van der Waals surface area contributed by atoms with Gasteiger partial charge in [0.2, 0.25) is 27.7 Å². The molecule has 2 saturated carbocycles. The molecule has 2 aliphatic heterocycles. The minimum absolute atomic E-state index is 0.00839. The van der Waals surface area contributed by atoms with Crippen LogP contribution in [0.15, 0.2) is 54.7 Å². The summed E-state index contributed by atoms with van der Waals surface area (Å²) in [5.74, 6) is -1.17. The number of amides is 4. The SMILES string of the molecule is CCC1CC(C)CCC=CC2CC2(C(=O)NS(=O)(=O)C2CC2)NC(=O)C2CC(Oc3nc(-c4ccc(OC(C)C)cn4)cc4cc(OC)ccc34)CN2C(=O)C1NC(=O)OC(C)(C)C. The summed E-state index contributed by atoms with van der Waals surface area (Å²) in [4.78, 5) is 68.4. The summed E-state index contributed by atoms with van der Waals surface area (Å²) < 4.78 is 52.1. The molecule has 16 nitrogen and oxygen atoms in total. The number of pyridine rings is 2. The van der Waals surface area contributed by atoms with Crippen LogP contribution in [0, 0.1) is 17.8 Å². The van der Waals surface area contributed by atoms with E-state index >= 15 is 4.79 Å². The van der Waals surface area contributed by atoms with Gasteiger partial charge < -0.3 is 34.5 Å². The molecule has 2 aliphatic carbocycles. The van der Waals surface area contributed by atoms with Gasteiger partial charge in [-0.2, -0.15) is 0 Å². The van der Waals surface area contributed by atoms with E-state index in [1.165, 1.54) is 4.90 Å². The Kier molecular flexibility index (Phi) is 13.5. The molecule has 0 radical (unpaired) electrons. The summed E-state index contributed by atoms with van der Waals surface area (Å²) in [5, 5.41) is 6.55. The summed E-state index contributed by atoms with van der Waals surface area (Å²) in [5.41, 5.74) is -1.35. The van der Waals surface area contributed by atoms with Crippen molar-refractivity contribution in [1.29, 1.82) is 0 Å². The molecule has 346 valence electrons. The number of nitrogens with zero attached hydrogens (tertiary/aromatic N) is 3. The lowest BCUT2D eigenvalue weighted by Gasteiger charge is -2.34. The van der Waals surface area contributed by atoms with Crippen molar-refractivity contribution in [3.63, 3.8) is 0 Å². The molecule has 4 aliphatic rings. The molecule has 0 bridgehead atoms. The Morgan fingerprint density at radius 1 is 1.03 bits per heavy atom. The molecule has 4 heterocycles. The fourth-order valence-corrected chi connectivity index (χ4v) is 10.1. The molecule has 1 aromatic carbocycles. The van der Waals surface area contributed by atoms with Crippen LogP contribution in [-0.4, -0.2) is 101 Å². The lowest BCUT2D eigenvalue weighted by molar-refractivity contribution is -0.142. The number of alkyl carbamates (subject to hydrolysis) is 1. The second-order valence-corrected chi connectivity index (χ2v) is 21.0. The number of rotatable bonds is 11. The maximum Gasteiger partial charge on any atom is 0.408 e. The van der Waals surface area contributed by atoms with Gasteiger partial charge in [0, 0.05) is 17.7 Å². The van der Waals surface area contributed by atoms with E-state index in [1.807, 2.05) is 57.2 Å². The van der Waals surface area contributed by atoms with E-state index in [0.29, 0.717) is 60.4 Å². The quantitative estimate of drug-likeness (QED) is 0.184. The van der Waals surface area contributed by atoms with Gasteiger partial charge in [0.05, 0.1) is 42.6 Å². The average Bonchev–Trinajstić information content (AvgIpc) is 4.16. The molecule has 7 atom stereocenters. The number of fused-ring (bicyclic) bond motifs is 3. The fourth-order valence-electron chi connectivity index (χ4n) is 8.73. The van der Waals surface area contributed by atoms with Gasteiger partial charge in [-0.25, -0.2) is 18.2 Å². The van der Waals surface area contributed by atoms with E-state index in [9.17, 15) is 22.8 Å². The second kappa shape index (κ2) is 18.6. The maximum absolute atomic E-state index is 15.2. The Bertz CT molecular complexity index is 2380. The summed E-state index contributed by atoms with van der Waals surface area (Å²) in [6.45, 7) is 13.1. The molecular weight excluding hydrogens is 841 g/mol. The van der Waals surface area contributed by atoms with Crippen LogP contribution in [0.1, 0.15) is 99.8 Å². The zero-order valence-electron chi connectivity index (χ0n) is 38.0. The van der Waals surface area contributed by atoms with Gasteiger partial charge in [0.1, 0.15) is 40.8 Å². The number of carbonyl (C=O) groups excluding carboxylic acids is 4. The average molecular weight is 903 g/mol. The lowest BCUT2D eigenvalue weighted by atomic mass is 9.85. The molecule has 7 rings (SSSR count).